The van der Waals surface area contributed by atoms with E-state index in [0.717, 1.165) is 22.6 Å². The summed E-state index contributed by atoms with van der Waals surface area (Å²) in [6.45, 7) is 1.94. The summed E-state index contributed by atoms with van der Waals surface area (Å²) in [5.41, 5.74) is 3.69. The van der Waals surface area contributed by atoms with E-state index in [0.29, 0.717) is 17.7 Å². The number of methoxy groups -OCH3 is 1. The van der Waals surface area contributed by atoms with E-state index in [2.05, 4.69) is 11.2 Å². The molecule has 4 rings (SSSR count). The van der Waals surface area contributed by atoms with Crippen molar-refractivity contribution >= 4 is 11.0 Å². The molecule has 1 atom stereocenters. The molecule has 140 valence electrons. The first-order valence-corrected chi connectivity index (χ1v) is 8.83. The van der Waals surface area contributed by atoms with Gasteiger partial charge in [-0.05, 0) is 49.4 Å². The van der Waals surface area contributed by atoms with Crippen LogP contribution in [0, 0.1) is 17.1 Å². The van der Waals surface area contributed by atoms with Crippen LogP contribution in [0.3, 0.4) is 0 Å². The molecule has 7 heteroatoms. The summed E-state index contributed by atoms with van der Waals surface area (Å²) in [7, 11) is 1.64. The van der Waals surface area contributed by atoms with Gasteiger partial charge in [-0.15, -0.1) is 0 Å². The highest BCUT2D eigenvalue weighted by Crippen LogP contribution is 2.25. The number of nitrogens with zero attached hydrogens (tertiary/aromatic N) is 5. The Labute approximate surface area is 161 Å². The Morgan fingerprint density at radius 2 is 2.07 bits per heavy atom. The van der Waals surface area contributed by atoms with Crippen molar-refractivity contribution in [2.75, 3.05) is 7.11 Å². The second kappa shape index (κ2) is 7.25. The van der Waals surface area contributed by atoms with Gasteiger partial charge in [-0.2, -0.15) is 10.4 Å². The Morgan fingerprint density at radius 1 is 1.21 bits per heavy atom. The van der Waals surface area contributed by atoms with Crippen molar-refractivity contribution in [3.05, 3.63) is 77.6 Å². The van der Waals surface area contributed by atoms with Crippen LogP contribution in [0.25, 0.3) is 16.7 Å². The van der Waals surface area contributed by atoms with Crippen molar-refractivity contribution in [3.8, 4) is 11.8 Å². The number of ether oxygens (including phenoxy) is 1. The smallest absolute Gasteiger partial charge is 0.132 e. The van der Waals surface area contributed by atoms with Gasteiger partial charge in [0.1, 0.15) is 17.9 Å². The van der Waals surface area contributed by atoms with E-state index in [-0.39, 0.29) is 12.0 Å². The normalized spacial score (nSPS) is 12.2. The lowest BCUT2D eigenvalue weighted by Gasteiger charge is -2.16. The van der Waals surface area contributed by atoms with Crippen molar-refractivity contribution in [1.82, 2.24) is 19.3 Å². The summed E-state index contributed by atoms with van der Waals surface area (Å²) in [5.74, 6) is 0.459. The number of rotatable bonds is 5. The van der Waals surface area contributed by atoms with Crippen LogP contribution in [0.1, 0.15) is 30.2 Å². The molecule has 0 fully saturated rings. The van der Waals surface area contributed by atoms with Crippen molar-refractivity contribution < 1.29 is 9.13 Å². The Kier molecular flexibility index (Phi) is 4.63. The van der Waals surface area contributed by atoms with Gasteiger partial charge in [0, 0.05) is 19.7 Å². The molecule has 2 aromatic carbocycles. The predicted octanol–water partition coefficient (Wildman–Crippen LogP) is 3.99. The molecule has 0 aliphatic carbocycles. The van der Waals surface area contributed by atoms with E-state index in [1.165, 1.54) is 12.1 Å². The molecule has 0 aliphatic rings. The number of nitriles is 1. The number of benzene rings is 2. The molecule has 28 heavy (non-hydrogen) atoms. The van der Waals surface area contributed by atoms with Crippen LogP contribution in [-0.2, 0) is 11.2 Å². The van der Waals surface area contributed by atoms with Gasteiger partial charge in [0.2, 0.25) is 0 Å². The number of imidazole rings is 1. The van der Waals surface area contributed by atoms with Gasteiger partial charge in [-0.25, -0.2) is 14.1 Å². The Morgan fingerprint density at radius 3 is 2.82 bits per heavy atom. The van der Waals surface area contributed by atoms with Gasteiger partial charge < -0.3 is 9.30 Å². The standard InChI is InChI=1S/C21H18FN5O/c1-14(28-2)26-20-7-6-15(13-23)10-19(20)25-21(26)12-18-8-9-24-27(18)17-5-3-4-16(22)11-17/h3-11,14H,12H2,1-2H3. The molecule has 0 aliphatic heterocycles. The van der Waals surface area contributed by atoms with Gasteiger partial charge in [0.25, 0.3) is 0 Å². The zero-order chi connectivity index (χ0) is 19.7. The summed E-state index contributed by atoms with van der Waals surface area (Å²) >= 11 is 0. The van der Waals surface area contributed by atoms with Crippen LogP contribution < -0.4 is 0 Å². The third-order valence-electron chi connectivity index (χ3n) is 4.71. The summed E-state index contributed by atoms with van der Waals surface area (Å²) in [4.78, 5) is 4.73. The molecule has 0 bridgehead atoms. The average molecular weight is 375 g/mol. The number of hydrogen-bond donors (Lipinski definition) is 0. The molecule has 0 amide bonds. The minimum absolute atomic E-state index is 0.238. The molecular formula is C21H18FN5O. The van der Waals surface area contributed by atoms with E-state index in [4.69, 9.17) is 15.0 Å². The Balaban J connectivity index is 1.81. The lowest BCUT2D eigenvalue weighted by atomic mass is 10.2. The highest BCUT2D eigenvalue weighted by atomic mass is 19.1. The van der Waals surface area contributed by atoms with E-state index in [9.17, 15) is 4.39 Å². The van der Waals surface area contributed by atoms with Crippen LogP contribution >= 0.6 is 0 Å². The van der Waals surface area contributed by atoms with Crippen molar-refractivity contribution in [3.63, 3.8) is 0 Å². The van der Waals surface area contributed by atoms with Gasteiger partial charge in [-0.1, -0.05) is 6.07 Å². The van der Waals surface area contributed by atoms with Crippen LogP contribution in [0.15, 0.2) is 54.7 Å². The fourth-order valence-electron chi connectivity index (χ4n) is 3.32. The van der Waals surface area contributed by atoms with Crippen LogP contribution in [-0.4, -0.2) is 26.4 Å². The van der Waals surface area contributed by atoms with Crippen molar-refractivity contribution in [2.24, 2.45) is 0 Å². The molecule has 2 heterocycles. The van der Waals surface area contributed by atoms with Crippen molar-refractivity contribution in [2.45, 2.75) is 19.6 Å². The maximum atomic E-state index is 13.6. The van der Waals surface area contributed by atoms with Crippen LogP contribution in [0.4, 0.5) is 4.39 Å². The first-order chi connectivity index (χ1) is 13.6. The first kappa shape index (κ1) is 17.9. The second-order valence-electron chi connectivity index (χ2n) is 6.44. The first-order valence-electron chi connectivity index (χ1n) is 8.83. The number of halogens is 1. The zero-order valence-corrected chi connectivity index (χ0v) is 15.5. The van der Waals surface area contributed by atoms with Crippen LogP contribution in [0.2, 0.25) is 0 Å². The average Bonchev–Trinajstić information content (AvgIpc) is 3.31. The fourth-order valence-corrected chi connectivity index (χ4v) is 3.32. The minimum Gasteiger partial charge on any atom is -0.362 e. The number of aromatic nitrogens is 4. The topological polar surface area (TPSA) is 68.7 Å². The van der Waals surface area contributed by atoms with Gasteiger partial charge in [0.15, 0.2) is 0 Å². The van der Waals surface area contributed by atoms with E-state index >= 15 is 0 Å². The Bertz CT molecular complexity index is 1190. The van der Waals surface area contributed by atoms with Gasteiger partial charge >= 0.3 is 0 Å². The lowest BCUT2D eigenvalue weighted by molar-refractivity contribution is 0.0617. The fraction of sp³-hybridized carbons (Fsp3) is 0.190. The van der Waals surface area contributed by atoms with Gasteiger partial charge in [-0.3, -0.25) is 0 Å². The second-order valence-corrected chi connectivity index (χ2v) is 6.44. The van der Waals surface area contributed by atoms with E-state index in [1.807, 2.05) is 23.6 Å². The molecule has 0 saturated heterocycles. The van der Waals surface area contributed by atoms with Crippen molar-refractivity contribution in [1.29, 1.82) is 5.26 Å². The zero-order valence-electron chi connectivity index (χ0n) is 15.5. The maximum absolute atomic E-state index is 13.6. The van der Waals surface area contributed by atoms with Gasteiger partial charge in [0.05, 0.1) is 34.0 Å². The predicted molar refractivity (Wildman–Crippen MR) is 102 cm³/mol. The summed E-state index contributed by atoms with van der Waals surface area (Å²) in [6, 6.07) is 15.7. The largest absolute Gasteiger partial charge is 0.362 e. The summed E-state index contributed by atoms with van der Waals surface area (Å²) in [6.07, 6.45) is 1.92. The Hall–Kier alpha value is -3.50. The quantitative estimate of drug-likeness (QED) is 0.529. The third-order valence-corrected chi connectivity index (χ3v) is 4.71. The monoisotopic (exact) mass is 375 g/mol. The number of hydrogen-bond acceptors (Lipinski definition) is 4. The van der Waals surface area contributed by atoms with Crippen LogP contribution in [0.5, 0.6) is 0 Å². The molecular weight excluding hydrogens is 357 g/mol. The third kappa shape index (κ3) is 3.15. The minimum atomic E-state index is -0.316. The molecule has 4 aromatic rings. The SMILES string of the molecule is COC(C)n1c(Cc2ccnn2-c2cccc(F)c2)nc2cc(C#N)ccc21. The lowest BCUT2D eigenvalue weighted by Crippen LogP contribution is -2.13. The number of fused-ring (bicyclic) bond motifs is 1. The molecule has 6 nitrogen and oxygen atoms in total. The molecule has 2 aromatic heterocycles. The molecule has 0 saturated carbocycles. The molecule has 0 spiro atoms. The maximum Gasteiger partial charge on any atom is 0.132 e. The molecule has 0 N–H and O–H groups in total. The summed E-state index contributed by atoms with van der Waals surface area (Å²) < 4.78 is 22.9. The molecule has 0 radical (unpaired) electrons. The van der Waals surface area contributed by atoms with E-state index in [1.54, 1.807) is 42.3 Å². The van der Waals surface area contributed by atoms with E-state index < -0.39 is 0 Å². The summed E-state index contributed by atoms with van der Waals surface area (Å²) in [5, 5.41) is 13.5. The highest BCUT2D eigenvalue weighted by Gasteiger charge is 2.18. The molecule has 1 unspecified atom stereocenters. The highest BCUT2D eigenvalue weighted by molar-refractivity contribution is 5.78.